The average molecular weight is 167 g/mol. The molecule has 0 saturated carbocycles. The summed E-state index contributed by atoms with van der Waals surface area (Å²) in [5.41, 5.74) is 0.801. The lowest BCUT2D eigenvalue weighted by molar-refractivity contribution is 0.419. The second-order valence-corrected chi connectivity index (χ2v) is 2.11. The van der Waals surface area contributed by atoms with Crippen LogP contribution in [0.25, 0.3) is 0 Å². The summed E-state index contributed by atoms with van der Waals surface area (Å²) in [7, 11) is 0. The normalized spacial score (nSPS) is 10.2. The summed E-state index contributed by atoms with van der Waals surface area (Å²) in [4.78, 5) is 3.40. The van der Waals surface area contributed by atoms with E-state index < -0.39 is 6.08 Å². The van der Waals surface area contributed by atoms with Crippen LogP contribution in [-0.4, -0.2) is 6.21 Å². The molecule has 0 spiro atoms. The number of halogens is 2. The summed E-state index contributed by atoms with van der Waals surface area (Å²) in [6.45, 7) is 0. The van der Waals surface area contributed by atoms with E-state index in [1.54, 1.807) is 12.1 Å². The highest BCUT2D eigenvalue weighted by Gasteiger charge is 1.84. The molecule has 0 aliphatic heterocycles. The zero-order chi connectivity index (χ0) is 8.81. The number of aliphatic imine (C=N–C) groups is 1. The van der Waals surface area contributed by atoms with Crippen molar-refractivity contribution >= 4 is 6.21 Å². The lowest BCUT2D eigenvalue weighted by atomic mass is 10.2. The van der Waals surface area contributed by atoms with Crippen LogP contribution in [0.3, 0.4) is 0 Å². The topological polar surface area (TPSA) is 12.4 Å². The average Bonchev–Trinajstić information content (AvgIpc) is 2.05. The van der Waals surface area contributed by atoms with Crippen molar-refractivity contribution < 1.29 is 8.78 Å². The van der Waals surface area contributed by atoms with Gasteiger partial charge < -0.3 is 0 Å². The van der Waals surface area contributed by atoms with Crippen molar-refractivity contribution in [2.45, 2.75) is 0 Å². The molecule has 1 aromatic carbocycles. The largest absolute Gasteiger partial charge is 0.288 e. The Bertz CT molecular complexity index is 287. The molecule has 0 radical (unpaired) electrons. The molecule has 0 fully saturated rings. The van der Waals surface area contributed by atoms with E-state index in [2.05, 4.69) is 4.99 Å². The smallest absolute Gasteiger partial charge is 0.259 e. The predicted molar refractivity (Wildman–Crippen MR) is 44.3 cm³/mol. The Hall–Kier alpha value is -1.51. The van der Waals surface area contributed by atoms with Gasteiger partial charge in [0.1, 0.15) is 0 Å². The van der Waals surface area contributed by atoms with Gasteiger partial charge in [-0.1, -0.05) is 30.3 Å². The van der Waals surface area contributed by atoms with Crippen LogP contribution >= 0.6 is 0 Å². The summed E-state index contributed by atoms with van der Waals surface area (Å²) in [6, 6.07) is 9.05. The maximum Gasteiger partial charge on any atom is 0.288 e. The first-order chi connectivity index (χ1) is 5.79. The molecule has 0 aliphatic rings. The van der Waals surface area contributed by atoms with Crippen molar-refractivity contribution in [3.05, 3.63) is 48.2 Å². The Kier molecular flexibility index (Phi) is 3.14. The first-order valence-electron chi connectivity index (χ1n) is 3.38. The van der Waals surface area contributed by atoms with E-state index in [-0.39, 0.29) is 0 Å². The highest BCUT2D eigenvalue weighted by Crippen LogP contribution is 1.97. The van der Waals surface area contributed by atoms with Gasteiger partial charge >= 0.3 is 0 Å². The molecule has 0 atom stereocenters. The third-order valence-electron chi connectivity index (χ3n) is 1.20. The molecular formula is C9H7F2N. The lowest BCUT2D eigenvalue weighted by Crippen LogP contribution is -1.76. The Labute approximate surface area is 69.1 Å². The van der Waals surface area contributed by atoms with Gasteiger partial charge in [-0.2, -0.15) is 8.78 Å². The fourth-order valence-electron chi connectivity index (χ4n) is 0.719. The predicted octanol–water partition coefficient (Wildman–Crippen LogP) is 2.84. The number of nitrogens with zero attached hydrogens (tertiary/aromatic N) is 1. The number of benzene rings is 1. The summed E-state index contributed by atoms with van der Waals surface area (Å²) in [5, 5.41) is 0. The van der Waals surface area contributed by atoms with Crippen molar-refractivity contribution in [2.75, 3.05) is 0 Å². The molecule has 0 amide bonds. The van der Waals surface area contributed by atoms with Crippen molar-refractivity contribution in [3.63, 3.8) is 0 Å². The second-order valence-electron chi connectivity index (χ2n) is 2.11. The molecule has 62 valence electrons. The van der Waals surface area contributed by atoms with Crippen molar-refractivity contribution in [1.29, 1.82) is 0 Å². The zero-order valence-electron chi connectivity index (χ0n) is 6.24. The highest BCUT2D eigenvalue weighted by molar-refractivity contribution is 5.79. The van der Waals surface area contributed by atoms with Crippen molar-refractivity contribution in [3.8, 4) is 0 Å². The lowest BCUT2D eigenvalue weighted by Gasteiger charge is -1.87. The monoisotopic (exact) mass is 167 g/mol. The van der Waals surface area contributed by atoms with E-state index in [4.69, 9.17) is 0 Å². The quantitative estimate of drug-likeness (QED) is 0.600. The molecular weight excluding hydrogens is 160 g/mol. The Morgan fingerprint density at radius 2 is 1.83 bits per heavy atom. The summed E-state index contributed by atoms with van der Waals surface area (Å²) < 4.78 is 23.0. The Balaban J connectivity index is 2.64. The fraction of sp³-hybridized carbons (Fsp3) is 0. The molecule has 0 unspecified atom stereocenters. The molecule has 0 heterocycles. The van der Waals surface area contributed by atoms with E-state index in [1.807, 2.05) is 18.2 Å². The standard InChI is InChI=1S/C9H7F2N/c10-9(11)7-12-6-8-4-2-1-3-5-8/h1-7H. The third-order valence-corrected chi connectivity index (χ3v) is 1.20. The van der Waals surface area contributed by atoms with E-state index in [0.29, 0.717) is 6.20 Å². The SMILES string of the molecule is FC(F)=CN=Cc1ccccc1. The van der Waals surface area contributed by atoms with Gasteiger partial charge in [0.15, 0.2) is 0 Å². The molecule has 0 aliphatic carbocycles. The third kappa shape index (κ3) is 3.05. The van der Waals surface area contributed by atoms with Gasteiger partial charge in [-0.15, -0.1) is 0 Å². The van der Waals surface area contributed by atoms with E-state index >= 15 is 0 Å². The van der Waals surface area contributed by atoms with Crippen LogP contribution in [0.1, 0.15) is 5.56 Å². The minimum atomic E-state index is -1.79. The van der Waals surface area contributed by atoms with Gasteiger partial charge in [0, 0.05) is 6.21 Å². The zero-order valence-corrected chi connectivity index (χ0v) is 6.24. The fourth-order valence-corrected chi connectivity index (χ4v) is 0.719. The van der Waals surface area contributed by atoms with Crippen LogP contribution in [0.4, 0.5) is 8.78 Å². The number of rotatable bonds is 2. The highest BCUT2D eigenvalue weighted by atomic mass is 19.3. The number of hydrogen-bond acceptors (Lipinski definition) is 1. The molecule has 0 aromatic heterocycles. The molecule has 1 rings (SSSR count). The number of hydrogen-bond donors (Lipinski definition) is 0. The first kappa shape index (κ1) is 8.59. The van der Waals surface area contributed by atoms with Crippen molar-refractivity contribution in [2.24, 2.45) is 4.99 Å². The minimum absolute atomic E-state index is 0.521. The van der Waals surface area contributed by atoms with Crippen LogP contribution in [0.15, 0.2) is 47.6 Å². The van der Waals surface area contributed by atoms with Gasteiger partial charge in [0.25, 0.3) is 6.08 Å². The summed E-state index contributed by atoms with van der Waals surface area (Å²) in [6.07, 6.45) is 0.105. The second kappa shape index (κ2) is 4.38. The van der Waals surface area contributed by atoms with Gasteiger partial charge in [-0.25, -0.2) is 0 Å². The van der Waals surface area contributed by atoms with Gasteiger partial charge in [-0.05, 0) is 5.56 Å². The van der Waals surface area contributed by atoms with Gasteiger partial charge in [0.05, 0.1) is 6.20 Å². The molecule has 1 aromatic rings. The minimum Gasteiger partial charge on any atom is -0.259 e. The van der Waals surface area contributed by atoms with E-state index in [0.717, 1.165) is 5.56 Å². The molecule has 0 N–H and O–H groups in total. The molecule has 1 nitrogen and oxygen atoms in total. The molecule has 0 saturated heterocycles. The van der Waals surface area contributed by atoms with Crippen LogP contribution < -0.4 is 0 Å². The van der Waals surface area contributed by atoms with Crippen LogP contribution in [0, 0.1) is 0 Å². The van der Waals surface area contributed by atoms with E-state index in [9.17, 15) is 8.78 Å². The van der Waals surface area contributed by atoms with Crippen LogP contribution in [0.2, 0.25) is 0 Å². The summed E-state index contributed by atoms with van der Waals surface area (Å²) in [5.74, 6) is 0. The molecule has 12 heavy (non-hydrogen) atoms. The van der Waals surface area contributed by atoms with Crippen molar-refractivity contribution in [1.82, 2.24) is 0 Å². The van der Waals surface area contributed by atoms with E-state index in [1.165, 1.54) is 6.21 Å². The maximum atomic E-state index is 11.5. The van der Waals surface area contributed by atoms with Crippen LogP contribution in [0.5, 0.6) is 0 Å². The Morgan fingerprint density at radius 3 is 2.42 bits per heavy atom. The molecule has 3 heteroatoms. The maximum absolute atomic E-state index is 11.5. The van der Waals surface area contributed by atoms with Gasteiger partial charge in [-0.3, -0.25) is 4.99 Å². The van der Waals surface area contributed by atoms with Gasteiger partial charge in [0.2, 0.25) is 0 Å². The molecule has 0 bridgehead atoms. The first-order valence-corrected chi connectivity index (χ1v) is 3.38. The van der Waals surface area contributed by atoms with Crippen LogP contribution in [-0.2, 0) is 0 Å². The summed E-state index contributed by atoms with van der Waals surface area (Å²) >= 11 is 0. The Morgan fingerprint density at radius 1 is 1.17 bits per heavy atom.